The molecule has 1 aromatic heterocycles. The minimum absolute atomic E-state index is 0.135. The third-order valence-corrected chi connectivity index (χ3v) is 2.94. The third-order valence-electron chi connectivity index (χ3n) is 1.79. The van der Waals surface area contributed by atoms with E-state index in [0.717, 1.165) is 0 Å². The molecule has 2 aromatic rings. The van der Waals surface area contributed by atoms with E-state index < -0.39 is 0 Å². The first-order chi connectivity index (χ1) is 8.04. The molecular formula is C10H6BrCl2N3O. The first-order valence-electron chi connectivity index (χ1n) is 4.47. The zero-order chi connectivity index (χ0) is 12.4. The van der Waals surface area contributed by atoms with Crippen LogP contribution in [-0.2, 0) is 0 Å². The van der Waals surface area contributed by atoms with Gasteiger partial charge in [0.1, 0.15) is 16.2 Å². The van der Waals surface area contributed by atoms with Gasteiger partial charge in [-0.25, -0.2) is 0 Å². The summed E-state index contributed by atoms with van der Waals surface area (Å²) in [6.45, 7) is 0. The van der Waals surface area contributed by atoms with Crippen LogP contribution in [0, 0.1) is 0 Å². The molecule has 1 aromatic carbocycles. The molecule has 0 aliphatic heterocycles. The van der Waals surface area contributed by atoms with Crippen LogP contribution in [0.1, 0.15) is 0 Å². The first-order valence-corrected chi connectivity index (χ1v) is 6.02. The van der Waals surface area contributed by atoms with E-state index in [2.05, 4.69) is 25.9 Å². The Hall–Kier alpha value is -1.04. The van der Waals surface area contributed by atoms with Gasteiger partial charge in [0.2, 0.25) is 0 Å². The van der Waals surface area contributed by atoms with Gasteiger partial charge in [-0.15, -0.1) is 0 Å². The van der Waals surface area contributed by atoms with Crippen molar-refractivity contribution in [2.75, 3.05) is 5.73 Å². The number of halogens is 3. The number of aromatic nitrogens is 2. The maximum atomic E-state index is 5.86. The van der Waals surface area contributed by atoms with Gasteiger partial charge in [0.15, 0.2) is 0 Å². The van der Waals surface area contributed by atoms with Crippen molar-refractivity contribution in [2.45, 2.75) is 0 Å². The highest BCUT2D eigenvalue weighted by Crippen LogP contribution is 2.28. The lowest BCUT2D eigenvalue weighted by Gasteiger charge is -2.05. The topological polar surface area (TPSA) is 61.0 Å². The number of nitrogens with zero attached hydrogens (tertiary/aromatic N) is 2. The van der Waals surface area contributed by atoms with Crippen molar-refractivity contribution in [1.29, 1.82) is 0 Å². The largest absolute Gasteiger partial charge is 0.424 e. The highest BCUT2D eigenvalue weighted by atomic mass is 79.9. The summed E-state index contributed by atoms with van der Waals surface area (Å²) in [6, 6.07) is 6.57. The molecule has 0 saturated heterocycles. The van der Waals surface area contributed by atoms with Gasteiger partial charge in [0, 0.05) is 12.1 Å². The monoisotopic (exact) mass is 333 g/mol. The van der Waals surface area contributed by atoms with E-state index in [0.29, 0.717) is 26.2 Å². The molecule has 0 radical (unpaired) electrons. The molecule has 2 N–H and O–H groups in total. The Morgan fingerprint density at radius 1 is 1.12 bits per heavy atom. The second kappa shape index (κ2) is 5.08. The fraction of sp³-hybridized carbons (Fsp3) is 0. The molecule has 7 heteroatoms. The summed E-state index contributed by atoms with van der Waals surface area (Å²) in [4.78, 5) is 7.93. The number of anilines is 1. The molecule has 17 heavy (non-hydrogen) atoms. The van der Waals surface area contributed by atoms with Gasteiger partial charge in [-0.2, -0.15) is 9.97 Å². The summed E-state index contributed by atoms with van der Waals surface area (Å²) in [5.41, 5.74) is 5.56. The van der Waals surface area contributed by atoms with Crippen molar-refractivity contribution >= 4 is 44.9 Å². The van der Waals surface area contributed by atoms with Crippen LogP contribution in [0.3, 0.4) is 0 Å². The molecule has 0 aliphatic carbocycles. The Kier molecular flexibility index (Phi) is 3.71. The van der Waals surface area contributed by atoms with Crippen LogP contribution in [0.4, 0.5) is 5.82 Å². The van der Waals surface area contributed by atoms with Crippen LogP contribution in [0.5, 0.6) is 11.8 Å². The van der Waals surface area contributed by atoms with Gasteiger partial charge < -0.3 is 10.5 Å². The Balaban J connectivity index is 2.28. The predicted molar refractivity (Wildman–Crippen MR) is 70.7 cm³/mol. The Bertz CT molecular complexity index is 545. The van der Waals surface area contributed by atoms with Crippen LogP contribution in [0.25, 0.3) is 0 Å². The molecule has 0 amide bonds. The number of nitrogen functional groups attached to an aromatic ring is 1. The number of hydrogen-bond acceptors (Lipinski definition) is 4. The number of hydrogen-bond donors (Lipinski definition) is 1. The van der Waals surface area contributed by atoms with Crippen molar-refractivity contribution in [3.05, 3.63) is 38.9 Å². The zero-order valence-corrected chi connectivity index (χ0v) is 11.4. The van der Waals surface area contributed by atoms with Gasteiger partial charge in [-0.1, -0.05) is 23.2 Å². The molecular weight excluding hydrogens is 329 g/mol. The minimum Gasteiger partial charge on any atom is -0.424 e. The predicted octanol–water partition coefficient (Wildman–Crippen LogP) is 3.92. The third kappa shape index (κ3) is 3.21. The fourth-order valence-corrected chi connectivity index (χ4v) is 1.78. The van der Waals surface area contributed by atoms with Gasteiger partial charge in [0.25, 0.3) is 0 Å². The Labute approximate surface area is 116 Å². The number of ether oxygens (including phenoxy) is 1. The van der Waals surface area contributed by atoms with Crippen LogP contribution >= 0.6 is 39.1 Å². The first kappa shape index (κ1) is 12.4. The number of benzene rings is 1. The quantitative estimate of drug-likeness (QED) is 0.845. The van der Waals surface area contributed by atoms with Crippen molar-refractivity contribution in [2.24, 2.45) is 0 Å². The van der Waals surface area contributed by atoms with Crippen LogP contribution in [0.15, 0.2) is 28.9 Å². The summed E-state index contributed by atoms with van der Waals surface area (Å²) in [7, 11) is 0. The van der Waals surface area contributed by atoms with Gasteiger partial charge in [0.05, 0.1) is 10.0 Å². The highest BCUT2D eigenvalue weighted by Gasteiger charge is 2.05. The van der Waals surface area contributed by atoms with E-state index in [1.807, 2.05) is 0 Å². The van der Waals surface area contributed by atoms with E-state index in [4.69, 9.17) is 33.7 Å². The van der Waals surface area contributed by atoms with E-state index in [1.54, 1.807) is 24.3 Å². The SMILES string of the molecule is Nc1cc(Br)nc(Oc2ccc(Cl)c(Cl)c2)n1. The summed E-state index contributed by atoms with van der Waals surface area (Å²) < 4.78 is 5.94. The van der Waals surface area contributed by atoms with Crippen LogP contribution in [0.2, 0.25) is 10.0 Å². The summed E-state index contributed by atoms with van der Waals surface area (Å²) in [5.74, 6) is 0.791. The summed E-state index contributed by atoms with van der Waals surface area (Å²) in [6.07, 6.45) is 0. The van der Waals surface area contributed by atoms with Crippen molar-refractivity contribution < 1.29 is 4.74 Å². The second-order valence-electron chi connectivity index (χ2n) is 3.08. The Morgan fingerprint density at radius 3 is 2.53 bits per heavy atom. The molecule has 0 unspecified atom stereocenters. The van der Waals surface area contributed by atoms with Gasteiger partial charge in [-0.3, -0.25) is 0 Å². The molecule has 0 atom stereocenters. The van der Waals surface area contributed by atoms with Crippen LogP contribution < -0.4 is 10.5 Å². The second-order valence-corrected chi connectivity index (χ2v) is 4.70. The molecule has 4 nitrogen and oxygen atoms in total. The van der Waals surface area contributed by atoms with Gasteiger partial charge >= 0.3 is 6.01 Å². The summed E-state index contributed by atoms with van der Waals surface area (Å²) in [5, 5.41) is 0.848. The molecule has 0 saturated carbocycles. The summed E-state index contributed by atoms with van der Waals surface area (Å²) >= 11 is 14.8. The molecule has 88 valence electrons. The average Bonchev–Trinajstić information content (AvgIpc) is 2.22. The lowest BCUT2D eigenvalue weighted by molar-refractivity contribution is 0.441. The van der Waals surface area contributed by atoms with E-state index in [-0.39, 0.29) is 6.01 Å². The van der Waals surface area contributed by atoms with Crippen molar-refractivity contribution in [3.63, 3.8) is 0 Å². The van der Waals surface area contributed by atoms with Crippen molar-refractivity contribution in [3.8, 4) is 11.8 Å². The van der Waals surface area contributed by atoms with Crippen LogP contribution in [-0.4, -0.2) is 9.97 Å². The molecule has 0 spiro atoms. The van der Waals surface area contributed by atoms with E-state index in [9.17, 15) is 0 Å². The van der Waals surface area contributed by atoms with E-state index >= 15 is 0 Å². The van der Waals surface area contributed by atoms with Crippen molar-refractivity contribution in [1.82, 2.24) is 9.97 Å². The standard InChI is InChI=1S/C10H6BrCl2N3O/c11-8-4-9(14)16-10(15-8)17-5-1-2-6(12)7(13)3-5/h1-4H,(H2,14,15,16). The lowest BCUT2D eigenvalue weighted by Crippen LogP contribution is -1.96. The highest BCUT2D eigenvalue weighted by molar-refractivity contribution is 9.10. The van der Waals surface area contributed by atoms with Gasteiger partial charge in [-0.05, 0) is 28.1 Å². The number of nitrogens with two attached hydrogens (primary N) is 1. The molecule has 1 heterocycles. The zero-order valence-electron chi connectivity index (χ0n) is 8.32. The fourth-order valence-electron chi connectivity index (χ4n) is 1.10. The molecule has 0 aliphatic rings. The molecule has 0 fully saturated rings. The smallest absolute Gasteiger partial charge is 0.325 e. The maximum absolute atomic E-state index is 5.86. The molecule has 0 bridgehead atoms. The van der Waals surface area contributed by atoms with E-state index in [1.165, 1.54) is 0 Å². The normalized spacial score (nSPS) is 10.3. The maximum Gasteiger partial charge on any atom is 0.325 e. The average molecular weight is 335 g/mol. The number of rotatable bonds is 2. The Morgan fingerprint density at radius 2 is 1.88 bits per heavy atom. The minimum atomic E-state index is 0.135. The molecule has 2 rings (SSSR count). The lowest BCUT2D eigenvalue weighted by atomic mass is 10.3.